The molecule has 5 heteroatoms. The van der Waals surface area contributed by atoms with Crippen LogP contribution in [0.3, 0.4) is 0 Å². The van der Waals surface area contributed by atoms with Crippen molar-refractivity contribution in [2.45, 2.75) is 6.92 Å². The zero-order valence-corrected chi connectivity index (χ0v) is 11.6. The number of nitrogen functional groups attached to an aromatic ring is 1. The Morgan fingerprint density at radius 3 is 2.83 bits per heavy atom. The molecule has 2 aromatic heterocycles. The molecule has 18 heavy (non-hydrogen) atoms. The minimum absolute atomic E-state index is 0.715. The number of anilines is 1. The lowest BCUT2D eigenvalue weighted by atomic mass is 10.3. The first-order chi connectivity index (χ1) is 8.58. The number of thiophene rings is 1. The van der Waals surface area contributed by atoms with E-state index in [-0.39, 0.29) is 0 Å². The summed E-state index contributed by atoms with van der Waals surface area (Å²) >= 11 is 7.64. The van der Waals surface area contributed by atoms with Crippen molar-refractivity contribution in [3.8, 4) is 10.7 Å². The van der Waals surface area contributed by atoms with Gasteiger partial charge in [0, 0.05) is 12.1 Å². The van der Waals surface area contributed by atoms with Gasteiger partial charge in [-0.2, -0.15) is 0 Å². The van der Waals surface area contributed by atoms with Crippen LogP contribution < -0.4 is 5.73 Å². The number of nitrogens with zero attached hydrogens (tertiary/aromatic N) is 2. The largest absolute Gasteiger partial charge is 0.397 e. The van der Waals surface area contributed by atoms with Crippen molar-refractivity contribution < 1.29 is 0 Å². The van der Waals surface area contributed by atoms with Crippen LogP contribution in [0.25, 0.3) is 21.7 Å². The number of benzene rings is 1. The zero-order chi connectivity index (χ0) is 12.9. The van der Waals surface area contributed by atoms with Crippen LogP contribution in [-0.4, -0.2) is 9.55 Å². The van der Waals surface area contributed by atoms with Crippen LogP contribution in [0.5, 0.6) is 0 Å². The number of imidazole rings is 1. The van der Waals surface area contributed by atoms with Gasteiger partial charge in [0.1, 0.15) is 0 Å². The van der Waals surface area contributed by atoms with Gasteiger partial charge in [0.25, 0.3) is 0 Å². The number of nitrogens with two attached hydrogens (primary N) is 1. The Kier molecular flexibility index (Phi) is 2.57. The average molecular weight is 278 g/mol. The summed E-state index contributed by atoms with van der Waals surface area (Å²) < 4.78 is 2.03. The van der Waals surface area contributed by atoms with E-state index < -0.39 is 0 Å². The highest BCUT2D eigenvalue weighted by Gasteiger charge is 2.15. The predicted molar refractivity (Wildman–Crippen MR) is 78.2 cm³/mol. The first-order valence-corrected chi connectivity index (χ1v) is 6.79. The normalized spacial score (nSPS) is 11.3. The topological polar surface area (TPSA) is 43.8 Å². The average Bonchev–Trinajstić information content (AvgIpc) is 2.83. The molecule has 0 atom stereocenters. The molecule has 0 saturated carbocycles. The van der Waals surface area contributed by atoms with Gasteiger partial charge >= 0.3 is 0 Å². The summed E-state index contributed by atoms with van der Waals surface area (Å²) in [6.07, 6.45) is 0. The number of fused-ring (bicyclic) bond motifs is 1. The number of halogens is 1. The lowest BCUT2D eigenvalue weighted by Crippen LogP contribution is -1.94. The Balaban J connectivity index is 2.30. The minimum Gasteiger partial charge on any atom is -0.397 e. The van der Waals surface area contributed by atoms with Gasteiger partial charge in [-0.15, -0.1) is 11.3 Å². The Hall–Kier alpha value is -1.52. The van der Waals surface area contributed by atoms with Crippen molar-refractivity contribution in [1.82, 2.24) is 9.55 Å². The SMILES string of the molecule is Cc1csc(-c2nc3ccc(Cl)cc3n2C)c1N. The molecule has 0 aliphatic heterocycles. The first kappa shape index (κ1) is 11.6. The van der Waals surface area contributed by atoms with Crippen LogP contribution in [0.1, 0.15) is 5.56 Å². The van der Waals surface area contributed by atoms with E-state index in [4.69, 9.17) is 17.3 Å². The van der Waals surface area contributed by atoms with E-state index in [0.717, 1.165) is 33.0 Å². The Morgan fingerprint density at radius 2 is 2.17 bits per heavy atom. The molecule has 0 aliphatic rings. The van der Waals surface area contributed by atoms with Crippen LogP contribution in [0.15, 0.2) is 23.6 Å². The summed E-state index contributed by atoms with van der Waals surface area (Å²) in [4.78, 5) is 5.65. The van der Waals surface area contributed by atoms with Crippen molar-refractivity contribution in [1.29, 1.82) is 0 Å². The molecular weight excluding hydrogens is 266 g/mol. The summed E-state index contributed by atoms with van der Waals surface area (Å²) in [5.74, 6) is 0.892. The quantitative estimate of drug-likeness (QED) is 0.734. The molecule has 0 radical (unpaired) electrons. The van der Waals surface area contributed by atoms with Gasteiger partial charge in [0.2, 0.25) is 0 Å². The fourth-order valence-electron chi connectivity index (χ4n) is 1.99. The van der Waals surface area contributed by atoms with Crippen LogP contribution in [0.2, 0.25) is 5.02 Å². The van der Waals surface area contributed by atoms with Gasteiger partial charge in [-0.25, -0.2) is 4.98 Å². The van der Waals surface area contributed by atoms with Gasteiger partial charge in [-0.05, 0) is 36.1 Å². The van der Waals surface area contributed by atoms with E-state index in [9.17, 15) is 0 Å². The Morgan fingerprint density at radius 1 is 1.39 bits per heavy atom. The second-order valence-corrected chi connectivity index (χ2v) is 5.61. The number of aryl methyl sites for hydroxylation is 2. The number of rotatable bonds is 1. The van der Waals surface area contributed by atoms with E-state index in [1.807, 2.05) is 36.7 Å². The van der Waals surface area contributed by atoms with E-state index in [0.29, 0.717) is 5.02 Å². The molecule has 2 N–H and O–H groups in total. The summed E-state index contributed by atoms with van der Waals surface area (Å²) in [6, 6.07) is 5.70. The standard InChI is InChI=1S/C13H12ClN3S/c1-7-6-18-12(11(7)15)13-16-9-4-3-8(14)5-10(9)17(13)2/h3-6H,15H2,1-2H3. The van der Waals surface area contributed by atoms with Crippen molar-refractivity contribution in [2.24, 2.45) is 7.05 Å². The maximum Gasteiger partial charge on any atom is 0.153 e. The molecule has 3 rings (SSSR count). The van der Waals surface area contributed by atoms with Crippen LogP contribution in [-0.2, 0) is 7.05 Å². The fraction of sp³-hybridized carbons (Fsp3) is 0.154. The smallest absolute Gasteiger partial charge is 0.153 e. The second kappa shape index (κ2) is 4.00. The van der Waals surface area contributed by atoms with Crippen LogP contribution in [0, 0.1) is 6.92 Å². The summed E-state index contributed by atoms with van der Waals surface area (Å²) in [7, 11) is 1.98. The minimum atomic E-state index is 0.715. The third kappa shape index (κ3) is 1.61. The molecule has 0 unspecified atom stereocenters. The van der Waals surface area contributed by atoms with Crippen molar-refractivity contribution in [3.05, 3.63) is 34.2 Å². The zero-order valence-electron chi connectivity index (χ0n) is 10.1. The Bertz CT molecular complexity index is 742. The highest BCUT2D eigenvalue weighted by Crippen LogP contribution is 2.35. The van der Waals surface area contributed by atoms with Gasteiger partial charge in [0.15, 0.2) is 5.82 Å². The molecule has 0 amide bonds. The molecule has 0 saturated heterocycles. The molecule has 0 fully saturated rings. The van der Waals surface area contributed by atoms with Gasteiger partial charge in [-0.1, -0.05) is 11.6 Å². The van der Waals surface area contributed by atoms with E-state index >= 15 is 0 Å². The maximum absolute atomic E-state index is 6.09. The first-order valence-electron chi connectivity index (χ1n) is 5.54. The third-order valence-corrected chi connectivity index (χ3v) is 4.41. The lowest BCUT2D eigenvalue weighted by Gasteiger charge is -2.01. The molecule has 2 heterocycles. The summed E-state index contributed by atoms with van der Waals surface area (Å²) in [5, 5.41) is 2.77. The third-order valence-electron chi connectivity index (χ3n) is 3.07. The van der Waals surface area contributed by atoms with Gasteiger partial charge in [-0.3, -0.25) is 0 Å². The fourth-order valence-corrected chi connectivity index (χ4v) is 3.16. The Labute approximate surface area is 114 Å². The van der Waals surface area contributed by atoms with Crippen LogP contribution >= 0.6 is 22.9 Å². The van der Waals surface area contributed by atoms with E-state index in [1.165, 1.54) is 0 Å². The van der Waals surface area contributed by atoms with Crippen molar-refractivity contribution in [3.63, 3.8) is 0 Å². The van der Waals surface area contributed by atoms with Gasteiger partial charge < -0.3 is 10.3 Å². The molecular formula is C13H12ClN3S. The molecule has 0 aliphatic carbocycles. The molecule has 3 aromatic rings. The number of hydrogen-bond donors (Lipinski definition) is 1. The maximum atomic E-state index is 6.09. The molecule has 92 valence electrons. The molecule has 0 bridgehead atoms. The van der Waals surface area contributed by atoms with Crippen LogP contribution in [0.4, 0.5) is 5.69 Å². The summed E-state index contributed by atoms with van der Waals surface area (Å²) in [5.41, 5.74) is 9.94. The predicted octanol–water partition coefficient (Wildman–Crippen LogP) is 3.85. The summed E-state index contributed by atoms with van der Waals surface area (Å²) in [6.45, 7) is 2.01. The lowest BCUT2D eigenvalue weighted by molar-refractivity contribution is 0.963. The monoisotopic (exact) mass is 277 g/mol. The molecule has 1 aromatic carbocycles. The van der Waals surface area contributed by atoms with Crippen molar-refractivity contribution >= 4 is 39.7 Å². The molecule has 3 nitrogen and oxygen atoms in total. The number of hydrogen-bond acceptors (Lipinski definition) is 3. The number of aromatic nitrogens is 2. The highest BCUT2D eigenvalue weighted by molar-refractivity contribution is 7.14. The van der Waals surface area contributed by atoms with Gasteiger partial charge in [0.05, 0.1) is 21.6 Å². The van der Waals surface area contributed by atoms with E-state index in [1.54, 1.807) is 11.3 Å². The highest BCUT2D eigenvalue weighted by atomic mass is 35.5. The van der Waals surface area contributed by atoms with Crippen molar-refractivity contribution in [2.75, 3.05) is 5.73 Å². The second-order valence-electron chi connectivity index (χ2n) is 4.29. The van der Waals surface area contributed by atoms with E-state index in [2.05, 4.69) is 10.4 Å². The molecule has 0 spiro atoms.